The molecular formula is C26H22F3N5O4S2. The summed E-state index contributed by atoms with van der Waals surface area (Å²) in [6, 6.07) is 14.8. The molecule has 0 radical (unpaired) electrons. The zero-order valence-corrected chi connectivity index (χ0v) is 22.3. The molecule has 208 valence electrons. The molecule has 0 amide bonds. The summed E-state index contributed by atoms with van der Waals surface area (Å²) in [7, 11) is -8.11. The van der Waals surface area contributed by atoms with Crippen LogP contribution in [0.15, 0.2) is 82.8 Å². The SMILES string of the molecule is N#Cc1cnc2c(ccn2S(=O)(=O)c2ccccc2)c1NC1CCN(S(=O)(=O)c2cccc(C(F)(F)F)c2)CC1. The van der Waals surface area contributed by atoms with Gasteiger partial charge in [-0.15, -0.1) is 0 Å². The predicted molar refractivity (Wildman–Crippen MR) is 140 cm³/mol. The van der Waals surface area contributed by atoms with Gasteiger partial charge in [0.1, 0.15) is 6.07 Å². The van der Waals surface area contributed by atoms with E-state index in [1.54, 1.807) is 24.3 Å². The number of nitrogens with zero attached hydrogens (tertiary/aromatic N) is 4. The molecule has 2 aromatic carbocycles. The van der Waals surface area contributed by atoms with Crippen LogP contribution in [0.5, 0.6) is 0 Å². The zero-order valence-electron chi connectivity index (χ0n) is 20.7. The van der Waals surface area contributed by atoms with Gasteiger partial charge in [-0.05, 0) is 49.2 Å². The highest BCUT2D eigenvalue weighted by Crippen LogP contribution is 2.33. The molecule has 4 aromatic rings. The van der Waals surface area contributed by atoms with Crippen molar-refractivity contribution in [2.45, 2.75) is 34.9 Å². The number of fused-ring (bicyclic) bond motifs is 1. The summed E-state index contributed by atoms with van der Waals surface area (Å²) in [5.74, 6) is 0. The third-order valence-electron chi connectivity index (χ3n) is 6.70. The van der Waals surface area contributed by atoms with Gasteiger partial charge in [0, 0.05) is 36.9 Å². The van der Waals surface area contributed by atoms with Crippen LogP contribution < -0.4 is 5.32 Å². The second-order valence-electron chi connectivity index (χ2n) is 9.17. The minimum atomic E-state index is -4.67. The van der Waals surface area contributed by atoms with Crippen LogP contribution in [0.3, 0.4) is 0 Å². The first-order chi connectivity index (χ1) is 18.9. The second kappa shape index (κ2) is 10.2. The monoisotopic (exact) mass is 589 g/mol. The summed E-state index contributed by atoms with van der Waals surface area (Å²) in [6.07, 6.45) is -1.44. The Morgan fingerprint density at radius 3 is 2.25 bits per heavy atom. The number of sulfonamides is 1. The van der Waals surface area contributed by atoms with Gasteiger partial charge in [-0.25, -0.2) is 25.8 Å². The predicted octanol–water partition coefficient (Wildman–Crippen LogP) is 4.43. The fourth-order valence-corrected chi connectivity index (χ4v) is 7.47. The van der Waals surface area contributed by atoms with Crippen LogP contribution >= 0.6 is 0 Å². The number of pyridine rings is 1. The number of hydrogen-bond donors (Lipinski definition) is 1. The van der Waals surface area contributed by atoms with Crippen LogP contribution in [0.2, 0.25) is 0 Å². The van der Waals surface area contributed by atoms with Gasteiger partial charge in [0.25, 0.3) is 10.0 Å². The Kier molecular flexibility index (Phi) is 7.07. The van der Waals surface area contributed by atoms with Crippen LogP contribution in [0.4, 0.5) is 18.9 Å². The lowest BCUT2D eigenvalue weighted by Gasteiger charge is -2.32. The van der Waals surface area contributed by atoms with E-state index in [0.29, 0.717) is 30.0 Å². The molecule has 40 heavy (non-hydrogen) atoms. The van der Waals surface area contributed by atoms with E-state index in [0.717, 1.165) is 26.5 Å². The average molecular weight is 590 g/mol. The summed E-state index contributed by atoms with van der Waals surface area (Å²) < 4.78 is 94.0. The number of rotatable bonds is 6. The number of halogens is 3. The molecule has 1 N–H and O–H groups in total. The van der Waals surface area contributed by atoms with E-state index in [9.17, 15) is 35.3 Å². The third kappa shape index (κ3) is 5.03. The number of aromatic nitrogens is 2. The van der Waals surface area contributed by atoms with Gasteiger partial charge in [-0.2, -0.15) is 22.7 Å². The molecule has 1 aliphatic rings. The van der Waals surface area contributed by atoms with Gasteiger partial charge < -0.3 is 5.32 Å². The largest absolute Gasteiger partial charge is 0.416 e. The molecule has 0 saturated carbocycles. The van der Waals surface area contributed by atoms with Crippen molar-refractivity contribution in [1.29, 1.82) is 5.26 Å². The first kappa shape index (κ1) is 27.6. The molecule has 5 rings (SSSR count). The van der Waals surface area contributed by atoms with Crippen molar-refractivity contribution in [3.8, 4) is 6.07 Å². The van der Waals surface area contributed by atoms with Crippen LogP contribution in [-0.4, -0.2) is 49.2 Å². The van der Waals surface area contributed by atoms with Crippen LogP contribution in [0.1, 0.15) is 24.0 Å². The average Bonchev–Trinajstić information content (AvgIpc) is 3.39. The lowest BCUT2D eigenvalue weighted by Crippen LogP contribution is -2.42. The molecule has 3 heterocycles. The van der Waals surface area contributed by atoms with Crippen molar-refractivity contribution in [1.82, 2.24) is 13.3 Å². The Labute approximate surface area is 228 Å². The van der Waals surface area contributed by atoms with Crippen molar-refractivity contribution in [2.24, 2.45) is 0 Å². The molecule has 0 atom stereocenters. The maximum atomic E-state index is 13.2. The molecule has 0 unspecified atom stereocenters. The number of nitrogens with one attached hydrogen (secondary N) is 1. The van der Waals surface area contributed by atoms with Gasteiger partial charge in [-0.1, -0.05) is 24.3 Å². The molecule has 2 aromatic heterocycles. The van der Waals surface area contributed by atoms with Crippen molar-refractivity contribution >= 4 is 36.8 Å². The summed E-state index contributed by atoms with van der Waals surface area (Å²) in [6.45, 7) is 0.0749. The Bertz CT molecular complexity index is 1830. The fraction of sp³-hybridized carbons (Fsp3) is 0.231. The summed E-state index contributed by atoms with van der Waals surface area (Å²) in [5.41, 5.74) is -0.373. The van der Waals surface area contributed by atoms with Crippen molar-refractivity contribution in [3.63, 3.8) is 0 Å². The van der Waals surface area contributed by atoms with Crippen LogP contribution in [0.25, 0.3) is 11.0 Å². The number of piperidine rings is 1. The topological polar surface area (TPSA) is 125 Å². The minimum Gasteiger partial charge on any atom is -0.380 e. The van der Waals surface area contributed by atoms with E-state index in [-0.39, 0.29) is 35.2 Å². The Morgan fingerprint density at radius 1 is 0.925 bits per heavy atom. The quantitative estimate of drug-likeness (QED) is 0.353. The molecule has 1 fully saturated rings. The Hall–Kier alpha value is -3.93. The highest BCUT2D eigenvalue weighted by Gasteiger charge is 2.34. The van der Waals surface area contributed by atoms with Crippen molar-refractivity contribution in [3.05, 3.63) is 84.2 Å². The second-order valence-corrected chi connectivity index (χ2v) is 12.9. The van der Waals surface area contributed by atoms with E-state index in [2.05, 4.69) is 10.3 Å². The first-order valence-corrected chi connectivity index (χ1v) is 15.0. The lowest BCUT2D eigenvalue weighted by atomic mass is 10.0. The third-order valence-corrected chi connectivity index (χ3v) is 10.3. The zero-order chi connectivity index (χ0) is 28.7. The van der Waals surface area contributed by atoms with Gasteiger partial charge in [0.05, 0.1) is 26.6 Å². The first-order valence-electron chi connectivity index (χ1n) is 12.1. The molecule has 0 spiro atoms. The smallest absolute Gasteiger partial charge is 0.380 e. The summed E-state index contributed by atoms with van der Waals surface area (Å²) >= 11 is 0. The highest BCUT2D eigenvalue weighted by atomic mass is 32.2. The number of alkyl halides is 3. The van der Waals surface area contributed by atoms with Gasteiger partial charge >= 0.3 is 6.18 Å². The van der Waals surface area contributed by atoms with E-state index in [1.807, 2.05) is 6.07 Å². The number of nitriles is 1. The lowest BCUT2D eigenvalue weighted by molar-refractivity contribution is -0.137. The van der Waals surface area contributed by atoms with Gasteiger partial charge in [0.15, 0.2) is 5.65 Å². The van der Waals surface area contributed by atoms with Crippen LogP contribution in [0, 0.1) is 11.3 Å². The Balaban J connectivity index is 1.38. The van der Waals surface area contributed by atoms with E-state index in [4.69, 9.17) is 0 Å². The Morgan fingerprint density at radius 2 is 1.60 bits per heavy atom. The van der Waals surface area contributed by atoms with E-state index >= 15 is 0 Å². The van der Waals surface area contributed by atoms with Gasteiger partial charge in [-0.3, -0.25) is 0 Å². The molecule has 0 aliphatic carbocycles. The number of anilines is 1. The van der Waals surface area contributed by atoms with Gasteiger partial charge in [0.2, 0.25) is 10.0 Å². The van der Waals surface area contributed by atoms with Crippen molar-refractivity contribution in [2.75, 3.05) is 18.4 Å². The molecule has 9 nitrogen and oxygen atoms in total. The molecular weight excluding hydrogens is 567 g/mol. The number of hydrogen-bond acceptors (Lipinski definition) is 7. The van der Waals surface area contributed by atoms with E-state index in [1.165, 1.54) is 24.5 Å². The summed E-state index contributed by atoms with van der Waals surface area (Å²) in [5, 5.41) is 13.3. The molecule has 14 heteroatoms. The highest BCUT2D eigenvalue weighted by molar-refractivity contribution is 7.90. The standard InChI is InChI=1S/C26H22F3N5O4S2/c27-26(28,29)19-5-4-8-22(15-19)39(35,36)33-12-9-20(10-13-33)32-24-18(16-30)17-31-25-23(24)11-14-34(25)40(37,38)21-6-2-1-3-7-21/h1-8,11,14-15,17,20H,9-10,12-13H2,(H,31,32). The minimum absolute atomic E-state index is 0.0375. The molecule has 0 bridgehead atoms. The maximum Gasteiger partial charge on any atom is 0.416 e. The molecule has 1 saturated heterocycles. The van der Waals surface area contributed by atoms with Crippen molar-refractivity contribution < 1.29 is 30.0 Å². The summed E-state index contributed by atoms with van der Waals surface area (Å²) in [4.78, 5) is 3.85. The molecule has 1 aliphatic heterocycles. The fourth-order valence-electron chi connectivity index (χ4n) is 4.63. The normalized spacial score (nSPS) is 15.7. The van der Waals surface area contributed by atoms with Crippen LogP contribution in [-0.2, 0) is 26.2 Å². The van der Waals surface area contributed by atoms with E-state index < -0.39 is 36.7 Å². The maximum absolute atomic E-state index is 13.2. The number of benzene rings is 2.